The molecule has 0 spiro atoms. The SMILES string of the molecule is COc1ccc(CCN2C(=O)CNC2c2ccc(C(C)(C)C)cc2)cc1. The Kier molecular flexibility index (Phi) is 5.33. The molecule has 4 heteroatoms. The Balaban J connectivity index is 1.70. The van der Waals surface area contributed by atoms with Crippen molar-refractivity contribution < 1.29 is 9.53 Å². The highest BCUT2D eigenvalue weighted by atomic mass is 16.5. The molecule has 0 aliphatic carbocycles. The van der Waals surface area contributed by atoms with Crippen LogP contribution in [0.5, 0.6) is 5.75 Å². The van der Waals surface area contributed by atoms with E-state index in [4.69, 9.17) is 4.74 Å². The van der Waals surface area contributed by atoms with Crippen LogP contribution in [0.4, 0.5) is 0 Å². The molecule has 0 aromatic heterocycles. The van der Waals surface area contributed by atoms with Crippen LogP contribution in [0.15, 0.2) is 48.5 Å². The maximum atomic E-state index is 12.3. The van der Waals surface area contributed by atoms with Crippen LogP contribution in [0.25, 0.3) is 0 Å². The zero-order chi connectivity index (χ0) is 18.7. The molecule has 1 saturated heterocycles. The minimum atomic E-state index is -0.0465. The van der Waals surface area contributed by atoms with Gasteiger partial charge < -0.3 is 9.64 Å². The lowest BCUT2D eigenvalue weighted by Crippen LogP contribution is -2.32. The molecule has 4 nitrogen and oxygen atoms in total. The van der Waals surface area contributed by atoms with Crippen LogP contribution >= 0.6 is 0 Å². The van der Waals surface area contributed by atoms with Crippen molar-refractivity contribution in [2.75, 3.05) is 20.2 Å². The summed E-state index contributed by atoms with van der Waals surface area (Å²) in [6, 6.07) is 16.6. The second-order valence-electron chi connectivity index (χ2n) is 7.84. The van der Waals surface area contributed by atoms with Gasteiger partial charge in [0.1, 0.15) is 11.9 Å². The van der Waals surface area contributed by atoms with Crippen molar-refractivity contribution in [2.24, 2.45) is 0 Å². The molecule has 1 amide bonds. The first-order chi connectivity index (χ1) is 12.4. The summed E-state index contributed by atoms with van der Waals surface area (Å²) in [5.74, 6) is 1.01. The van der Waals surface area contributed by atoms with Crippen molar-refractivity contribution in [1.29, 1.82) is 0 Å². The lowest BCUT2D eigenvalue weighted by molar-refractivity contribution is -0.128. The van der Waals surface area contributed by atoms with Gasteiger partial charge in [0.25, 0.3) is 0 Å². The topological polar surface area (TPSA) is 41.6 Å². The first-order valence-corrected chi connectivity index (χ1v) is 9.15. The molecule has 138 valence electrons. The molecule has 1 aliphatic heterocycles. The van der Waals surface area contributed by atoms with Crippen LogP contribution < -0.4 is 10.1 Å². The van der Waals surface area contributed by atoms with Gasteiger partial charge in [0.2, 0.25) is 5.91 Å². The molecular weight excluding hydrogens is 324 g/mol. The minimum Gasteiger partial charge on any atom is -0.497 e. The first-order valence-electron chi connectivity index (χ1n) is 9.15. The maximum Gasteiger partial charge on any atom is 0.238 e. The summed E-state index contributed by atoms with van der Waals surface area (Å²) >= 11 is 0. The number of ether oxygens (including phenoxy) is 1. The summed E-state index contributed by atoms with van der Waals surface area (Å²) < 4.78 is 5.20. The molecule has 0 bridgehead atoms. The Labute approximate surface area is 156 Å². The second-order valence-corrected chi connectivity index (χ2v) is 7.84. The number of carbonyl (C=O) groups excluding carboxylic acids is 1. The van der Waals surface area contributed by atoms with Crippen LogP contribution in [0, 0.1) is 0 Å². The van der Waals surface area contributed by atoms with Crippen LogP contribution in [-0.2, 0) is 16.6 Å². The molecule has 1 fully saturated rings. The number of hydrogen-bond donors (Lipinski definition) is 1. The Morgan fingerprint density at radius 3 is 2.31 bits per heavy atom. The fourth-order valence-corrected chi connectivity index (χ4v) is 3.30. The Morgan fingerprint density at radius 2 is 1.73 bits per heavy atom. The van der Waals surface area contributed by atoms with Gasteiger partial charge in [0.05, 0.1) is 13.7 Å². The number of nitrogens with zero attached hydrogens (tertiary/aromatic N) is 1. The molecule has 2 aromatic rings. The summed E-state index contributed by atoms with van der Waals surface area (Å²) in [7, 11) is 1.67. The smallest absolute Gasteiger partial charge is 0.238 e. The number of carbonyl (C=O) groups is 1. The van der Waals surface area contributed by atoms with E-state index in [9.17, 15) is 4.79 Å². The second kappa shape index (κ2) is 7.50. The molecule has 3 rings (SSSR count). The molecule has 2 aromatic carbocycles. The van der Waals surface area contributed by atoms with E-state index in [1.807, 2.05) is 17.0 Å². The normalized spacial score (nSPS) is 17.6. The highest BCUT2D eigenvalue weighted by Gasteiger charge is 2.31. The van der Waals surface area contributed by atoms with Gasteiger partial charge in [-0.2, -0.15) is 0 Å². The van der Waals surface area contributed by atoms with Crippen molar-refractivity contribution in [2.45, 2.75) is 38.8 Å². The lowest BCUT2D eigenvalue weighted by Gasteiger charge is -2.26. The van der Waals surface area contributed by atoms with Gasteiger partial charge in [-0.1, -0.05) is 57.2 Å². The molecular formula is C22H28N2O2. The van der Waals surface area contributed by atoms with Crippen molar-refractivity contribution in [3.63, 3.8) is 0 Å². The van der Waals surface area contributed by atoms with Crippen molar-refractivity contribution in [1.82, 2.24) is 10.2 Å². The van der Waals surface area contributed by atoms with Gasteiger partial charge in [0.15, 0.2) is 0 Å². The van der Waals surface area contributed by atoms with Crippen LogP contribution in [0.2, 0.25) is 0 Å². The average Bonchev–Trinajstić information content (AvgIpc) is 3.00. The van der Waals surface area contributed by atoms with Crippen molar-refractivity contribution in [3.05, 3.63) is 65.2 Å². The fourth-order valence-electron chi connectivity index (χ4n) is 3.30. The van der Waals surface area contributed by atoms with Gasteiger partial charge in [0, 0.05) is 6.54 Å². The number of benzene rings is 2. The van der Waals surface area contributed by atoms with Crippen molar-refractivity contribution in [3.8, 4) is 5.75 Å². The lowest BCUT2D eigenvalue weighted by atomic mass is 9.86. The quantitative estimate of drug-likeness (QED) is 0.893. The summed E-state index contributed by atoms with van der Waals surface area (Å²) in [5.41, 5.74) is 3.77. The first kappa shape index (κ1) is 18.5. The third kappa shape index (κ3) is 4.07. The predicted molar refractivity (Wildman–Crippen MR) is 104 cm³/mol. The average molecular weight is 352 g/mol. The Hall–Kier alpha value is -2.33. The number of rotatable bonds is 5. The van der Waals surface area contributed by atoms with Crippen molar-refractivity contribution >= 4 is 5.91 Å². The van der Waals surface area contributed by atoms with E-state index < -0.39 is 0 Å². The van der Waals surface area contributed by atoms with E-state index in [2.05, 4.69) is 62.5 Å². The molecule has 1 atom stereocenters. The number of amides is 1. The number of methoxy groups -OCH3 is 1. The van der Waals surface area contributed by atoms with E-state index in [1.165, 1.54) is 11.1 Å². The zero-order valence-electron chi connectivity index (χ0n) is 16.1. The van der Waals surface area contributed by atoms with Gasteiger partial charge in [-0.05, 0) is 40.7 Å². The minimum absolute atomic E-state index is 0.0465. The Morgan fingerprint density at radius 1 is 1.08 bits per heavy atom. The third-order valence-electron chi connectivity index (χ3n) is 4.97. The molecule has 0 saturated carbocycles. The molecule has 0 radical (unpaired) electrons. The van der Waals surface area contributed by atoms with E-state index in [0.29, 0.717) is 13.1 Å². The number of nitrogens with one attached hydrogen (secondary N) is 1. The highest BCUT2D eigenvalue weighted by molar-refractivity contribution is 5.81. The standard InChI is InChI=1S/C22H28N2O2/c1-22(2,3)18-9-7-17(8-10-18)21-23-15-20(25)24(21)14-13-16-5-11-19(26-4)12-6-16/h5-12,21,23H,13-15H2,1-4H3. The van der Waals surface area contributed by atoms with Gasteiger partial charge in [-0.3, -0.25) is 10.1 Å². The predicted octanol–water partition coefficient (Wildman–Crippen LogP) is 3.67. The Bertz CT molecular complexity index is 745. The van der Waals surface area contributed by atoms with Crippen LogP contribution in [0.3, 0.4) is 0 Å². The van der Waals surface area contributed by atoms with Crippen LogP contribution in [0.1, 0.15) is 43.6 Å². The molecule has 1 aliphatic rings. The molecule has 1 N–H and O–H groups in total. The monoisotopic (exact) mass is 352 g/mol. The summed E-state index contributed by atoms with van der Waals surface area (Å²) in [6.45, 7) is 7.72. The molecule has 1 unspecified atom stereocenters. The van der Waals surface area contributed by atoms with Gasteiger partial charge >= 0.3 is 0 Å². The van der Waals surface area contributed by atoms with Gasteiger partial charge in [-0.25, -0.2) is 0 Å². The number of hydrogen-bond acceptors (Lipinski definition) is 3. The fraction of sp³-hybridized carbons (Fsp3) is 0.409. The van der Waals surface area contributed by atoms with Crippen LogP contribution in [-0.4, -0.2) is 31.0 Å². The van der Waals surface area contributed by atoms with E-state index in [1.54, 1.807) is 7.11 Å². The van der Waals surface area contributed by atoms with E-state index in [0.717, 1.165) is 17.7 Å². The van der Waals surface area contributed by atoms with E-state index in [-0.39, 0.29) is 17.5 Å². The highest BCUT2D eigenvalue weighted by Crippen LogP contribution is 2.27. The van der Waals surface area contributed by atoms with Gasteiger partial charge in [-0.15, -0.1) is 0 Å². The zero-order valence-corrected chi connectivity index (χ0v) is 16.1. The third-order valence-corrected chi connectivity index (χ3v) is 4.97. The molecule has 1 heterocycles. The van der Waals surface area contributed by atoms with E-state index >= 15 is 0 Å². The summed E-state index contributed by atoms with van der Waals surface area (Å²) in [5, 5.41) is 3.34. The molecule has 26 heavy (non-hydrogen) atoms. The maximum absolute atomic E-state index is 12.3. The summed E-state index contributed by atoms with van der Waals surface area (Å²) in [4.78, 5) is 14.3. The largest absolute Gasteiger partial charge is 0.497 e. The summed E-state index contributed by atoms with van der Waals surface area (Å²) in [6.07, 6.45) is 0.781.